The molecule has 0 aliphatic heterocycles. The molecule has 9 aromatic carbocycles. The highest BCUT2D eigenvalue weighted by Crippen LogP contribution is 2.40. The number of aromatic nitrogens is 5. The predicted molar refractivity (Wildman–Crippen MR) is 248 cm³/mol. The van der Waals surface area contributed by atoms with E-state index in [1.54, 1.807) is 0 Å². The number of nitrogens with zero attached hydrogens (tertiary/aromatic N) is 5. The fourth-order valence-corrected chi connectivity index (χ4v) is 8.93. The minimum atomic E-state index is 0.618. The first-order chi connectivity index (χ1) is 29.7. The average molecular weight is 766 g/mol. The van der Waals surface area contributed by atoms with Crippen LogP contribution in [0.2, 0.25) is 0 Å². The number of benzene rings is 9. The minimum absolute atomic E-state index is 0.618. The molecule has 0 radical (unpaired) electrons. The van der Waals surface area contributed by atoms with E-state index in [0.717, 1.165) is 55.6 Å². The van der Waals surface area contributed by atoms with E-state index in [4.69, 9.17) is 15.0 Å². The summed E-state index contributed by atoms with van der Waals surface area (Å²) < 4.78 is 4.82. The van der Waals surface area contributed by atoms with Crippen LogP contribution in [0.1, 0.15) is 0 Å². The molecule has 12 rings (SSSR count). The smallest absolute Gasteiger partial charge is 0.164 e. The van der Waals surface area contributed by atoms with Gasteiger partial charge in [0.15, 0.2) is 17.5 Å². The van der Waals surface area contributed by atoms with Crippen LogP contribution in [-0.4, -0.2) is 24.1 Å². The SMILES string of the molecule is c1ccc(-c2nc(-c3ccc(-c4ccc5ccccc5c4)cc3)nc(-c3ccc4c5ccccc5n(-c5cccc6c7ccccc7n(-c7ccccc7)c56)c4c3)n2)cc1. The second-order valence-corrected chi connectivity index (χ2v) is 15.3. The van der Waals surface area contributed by atoms with Gasteiger partial charge in [0, 0.05) is 43.9 Å². The second kappa shape index (κ2) is 13.8. The molecule has 3 aromatic heterocycles. The van der Waals surface area contributed by atoms with Crippen molar-refractivity contribution in [1.29, 1.82) is 0 Å². The van der Waals surface area contributed by atoms with Gasteiger partial charge in [-0.1, -0.05) is 170 Å². The summed E-state index contributed by atoms with van der Waals surface area (Å²) in [5.74, 6) is 1.88. The maximum Gasteiger partial charge on any atom is 0.164 e. The molecule has 0 saturated heterocycles. The Balaban J connectivity index is 1.05. The standard InChI is InChI=1S/C55H35N5/c1-3-15-38(16-4-1)53-56-54(39-29-26-37(27-30-39)41-31-28-36-14-7-8-17-40(36)34-41)58-55(57-53)42-32-33-46-44-20-9-12-24-49(44)60(51(46)35-42)50-25-13-22-47-45-21-10-11-23-48(45)59(52(47)50)43-18-5-2-6-19-43/h1-35H. The van der Waals surface area contributed by atoms with Gasteiger partial charge in [-0.15, -0.1) is 0 Å². The van der Waals surface area contributed by atoms with Gasteiger partial charge in [0.1, 0.15) is 0 Å². The van der Waals surface area contributed by atoms with E-state index in [1.165, 1.54) is 38.0 Å². The summed E-state index contributed by atoms with van der Waals surface area (Å²) in [5, 5.41) is 7.23. The molecule has 5 heteroatoms. The maximum absolute atomic E-state index is 5.20. The van der Waals surface area contributed by atoms with Crippen LogP contribution in [0.15, 0.2) is 212 Å². The first-order valence-electron chi connectivity index (χ1n) is 20.3. The lowest BCUT2D eigenvalue weighted by Gasteiger charge is -2.14. The van der Waals surface area contributed by atoms with E-state index < -0.39 is 0 Å². The first kappa shape index (κ1) is 33.9. The van der Waals surface area contributed by atoms with E-state index in [2.05, 4.69) is 203 Å². The molecule has 0 spiro atoms. The quantitative estimate of drug-likeness (QED) is 0.169. The molecule has 0 bridgehead atoms. The molecule has 0 saturated carbocycles. The van der Waals surface area contributed by atoms with Crippen LogP contribution in [-0.2, 0) is 0 Å². The molecule has 3 heterocycles. The summed E-state index contributed by atoms with van der Waals surface area (Å²) in [6.07, 6.45) is 0. The Morgan fingerprint density at radius 1 is 0.283 bits per heavy atom. The van der Waals surface area contributed by atoms with Crippen molar-refractivity contribution in [3.8, 4) is 56.7 Å². The zero-order chi connectivity index (χ0) is 39.6. The zero-order valence-electron chi connectivity index (χ0n) is 32.4. The molecular weight excluding hydrogens is 731 g/mol. The Morgan fingerprint density at radius 2 is 0.800 bits per heavy atom. The first-order valence-corrected chi connectivity index (χ1v) is 20.3. The van der Waals surface area contributed by atoms with E-state index in [1.807, 2.05) is 18.2 Å². The number of hydrogen-bond donors (Lipinski definition) is 0. The van der Waals surface area contributed by atoms with Crippen LogP contribution in [0.25, 0.3) is 111 Å². The maximum atomic E-state index is 5.20. The second-order valence-electron chi connectivity index (χ2n) is 15.3. The summed E-state index contributed by atoms with van der Waals surface area (Å²) in [6.45, 7) is 0. The highest BCUT2D eigenvalue weighted by atomic mass is 15.1. The lowest BCUT2D eigenvalue weighted by atomic mass is 10.00. The minimum Gasteiger partial charge on any atom is -0.307 e. The summed E-state index contributed by atoms with van der Waals surface area (Å²) in [7, 11) is 0. The third-order valence-electron chi connectivity index (χ3n) is 11.8. The number of hydrogen-bond acceptors (Lipinski definition) is 3. The van der Waals surface area contributed by atoms with Crippen molar-refractivity contribution in [2.45, 2.75) is 0 Å². The Morgan fingerprint density at radius 3 is 1.55 bits per heavy atom. The van der Waals surface area contributed by atoms with Gasteiger partial charge < -0.3 is 9.13 Å². The fourth-order valence-electron chi connectivity index (χ4n) is 8.93. The summed E-state index contributed by atoms with van der Waals surface area (Å²) in [5.41, 5.74) is 11.8. The van der Waals surface area contributed by atoms with Crippen LogP contribution in [0.4, 0.5) is 0 Å². The Bertz CT molecular complexity index is 3580. The highest BCUT2D eigenvalue weighted by Gasteiger charge is 2.21. The Kier molecular flexibility index (Phi) is 7.78. The largest absolute Gasteiger partial charge is 0.307 e. The van der Waals surface area contributed by atoms with Crippen LogP contribution in [0.3, 0.4) is 0 Å². The number of rotatable bonds is 6. The van der Waals surface area contributed by atoms with Gasteiger partial charge in [-0.05, 0) is 64.4 Å². The van der Waals surface area contributed by atoms with Crippen molar-refractivity contribution < 1.29 is 0 Å². The molecular formula is C55H35N5. The summed E-state index contributed by atoms with van der Waals surface area (Å²) in [4.78, 5) is 15.4. The third-order valence-corrected chi connectivity index (χ3v) is 11.8. The molecule has 0 atom stereocenters. The number of fused-ring (bicyclic) bond motifs is 7. The lowest BCUT2D eigenvalue weighted by Crippen LogP contribution is -2.01. The Labute approximate surface area is 346 Å². The van der Waals surface area contributed by atoms with Gasteiger partial charge >= 0.3 is 0 Å². The van der Waals surface area contributed by atoms with Crippen LogP contribution >= 0.6 is 0 Å². The van der Waals surface area contributed by atoms with Crippen molar-refractivity contribution in [3.63, 3.8) is 0 Å². The van der Waals surface area contributed by atoms with E-state index in [0.29, 0.717) is 17.5 Å². The predicted octanol–water partition coefficient (Wildman–Crippen LogP) is 13.9. The molecule has 280 valence electrons. The third kappa shape index (κ3) is 5.52. The van der Waals surface area contributed by atoms with Crippen LogP contribution < -0.4 is 0 Å². The average Bonchev–Trinajstić information content (AvgIpc) is 3.85. The van der Waals surface area contributed by atoms with Gasteiger partial charge in [0.25, 0.3) is 0 Å². The summed E-state index contributed by atoms with van der Waals surface area (Å²) >= 11 is 0. The van der Waals surface area contributed by atoms with Gasteiger partial charge in [-0.25, -0.2) is 15.0 Å². The van der Waals surface area contributed by atoms with Crippen molar-refractivity contribution in [3.05, 3.63) is 212 Å². The molecule has 0 aliphatic rings. The van der Waals surface area contributed by atoms with Crippen molar-refractivity contribution in [1.82, 2.24) is 24.1 Å². The van der Waals surface area contributed by atoms with E-state index >= 15 is 0 Å². The van der Waals surface area contributed by atoms with Crippen molar-refractivity contribution in [2.24, 2.45) is 0 Å². The molecule has 0 unspecified atom stereocenters. The molecule has 60 heavy (non-hydrogen) atoms. The molecule has 5 nitrogen and oxygen atoms in total. The fraction of sp³-hybridized carbons (Fsp3) is 0. The normalized spacial score (nSPS) is 11.7. The van der Waals surface area contributed by atoms with E-state index in [-0.39, 0.29) is 0 Å². The monoisotopic (exact) mass is 765 g/mol. The molecule has 0 amide bonds. The van der Waals surface area contributed by atoms with E-state index in [9.17, 15) is 0 Å². The van der Waals surface area contributed by atoms with Gasteiger partial charge in [-0.2, -0.15) is 0 Å². The Hall–Kier alpha value is -8.15. The lowest BCUT2D eigenvalue weighted by molar-refractivity contribution is 1.07. The van der Waals surface area contributed by atoms with Crippen molar-refractivity contribution in [2.75, 3.05) is 0 Å². The van der Waals surface area contributed by atoms with Gasteiger partial charge in [0.05, 0.1) is 27.8 Å². The summed E-state index contributed by atoms with van der Waals surface area (Å²) in [6, 6.07) is 75.1. The zero-order valence-corrected chi connectivity index (χ0v) is 32.4. The van der Waals surface area contributed by atoms with Crippen LogP contribution in [0, 0.1) is 0 Å². The molecule has 0 fully saturated rings. The van der Waals surface area contributed by atoms with Crippen molar-refractivity contribution >= 4 is 54.4 Å². The number of para-hydroxylation sites is 4. The molecule has 12 aromatic rings. The van der Waals surface area contributed by atoms with Gasteiger partial charge in [0.2, 0.25) is 0 Å². The molecule has 0 N–H and O–H groups in total. The van der Waals surface area contributed by atoms with Crippen LogP contribution in [0.5, 0.6) is 0 Å². The highest BCUT2D eigenvalue weighted by molar-refractivity contribution is 6.15. The topological polar surface area (TPSA) is 48.5 Å². The van der Waals surface area contributed by atoms with Gasteiger partial charge in [-0.3, -0.25) is 0 Å². The molecule has 0 aliphatic carbocycles.